The van der Waals surface area contributed by atoms with Crippen LogP contribution in [0.1, 0.15) is 17.2 Å². The van der Waals surface area contributed by atoms with E-state index in [1.807, 2.05) is 24.3 Å². The number of nitrogen functional groups attached to an aromatic ring is 1. The van der Waals surface area contributed by atoms with Crippen LogP contribution in [-0.4, -0.2) is 15.0 Å². The van der Waals surface area contributed by atoms with Crippen LogP contribution < -0.4 is 5.73 Å². The van der Waals surface area contributed by atoms with E-state index in [2.05, 4.69) is 15.0 Å². The third kappa shape index (κ3) is 3.28. The second kappa shape index (κ2) is 5.29. The van der Waals surface area contributed by atoms with Crippen LogP contribution >= 0.6 is 23.2 Å². The molecule has 0 saturated heterocycles. The zero-order chi connectivity index (χ0) is 12.3. The van der Waals surface area contributed by atoms with Crippen LogP contribution in [0.3, 0.4) is 0 Å². The Bertz CT molecular complexity index is 513. The van der Waals surface area contributed by atoms with Crippen molar-refractivity contribution in [1.82, 2.24) is 15.0 Å². The van der Waals surface area contributed by atoms with E-state index in [0.717, 1.165) is 5.56 Å². The average molecular weight is 269 g/mol. The maximum atomic E-state index is 5.81. The minimum absolute atomic E-state index is 0.194. The van der Waals surface area contributed by atoms with Crippen molar-refractivity contribution < 1.29 is 0 Å². The molecule has 6 heteroatoms. The fourth-order valence-electron chi connectivity index (χ4n) is 1.41. The monoisotopic (exact) mass is 268 g/mol. The zero-order valence-corrected chi connectivity index (χ0v) is 10.4. The van der Waals surface area contributed by atoms with E-state index in [1.165, 1.54) is 0 Å². The Balaban J connectivity index is 2.23. The van der Waals surface area contributed by atoms with Gasteiger partial charge >= 0.3 is 0 Å². The summed E-state index contributed by atoms with van der Waals surface area (Å²) >= 11 is 11.5. The van der Waals surface area contributed by atoms with Crippen LogP contribution in [-0.2, 0) is 12.3 Å². The lowest BCUT2D eigenvalue weighted by Crippen LogP contribution is -2.06. The third-order valence-electron chi connectivity index (χ3n) is 2.14. The molecule has 0 aliphatic heterocycles. The Labute approximate surface area is 109 Å². The number of hydrogen-bond acceptors (Lipinski definition) is 4. The molecule has 4 nitrogen and oxygen atoms in total. The number of benzene rings is 1. The Morgan fingerprint density at radius 1 is 1.00 bits per heavy atom. The Kier molecular flexibility index (Phi) is 3.76. The van der Waals surface area contributed by atoms with Crippen molar-refractivity contribution in [3.63, 3.8) is 0 Å². The highest BCUT2D eigenvalue weighted by atomic mass is 35.5. The lowest BCUT2D eigenvalue weighted by molar-refractivity contribution is 0.881. The first-order valence-corrected chi connectivity index (χ1v) is 5.88. The van der Waals surface area contributed by atoms with Gasteiger partial charge in [-0.2, -0.15) is 9.97 Å². The highest BCUT2D eigenvalue weighted by molar-refractivity contribution is 6.30. The van der Waals surface area contributed by atoms with Gasteiger partial charge in [-0.25, -0.2) is 4.98 Å². The van der Waals surface area contributed by atoms with Crippen LogP contribution in [0.25, 0.3) is 0 Å². The van der Waals surface area contributed by atoms with Crippen molar-refractivity contribution in [2.24, 2.45) is 0 Å². The lowest BCUT2D eigenvalue weighted by Gasteiger charge is -2.03. The molecule has 0 fully saturated rings. The molecule has 88 valence electrons. The minimum Gasteiger partial charge on any atom is -0.368 e. The van der Waals surface area contributed by atoms with E-state index in [4.69, 9.17) is 28.9 Å². The van der Waals surface area contributed by atoms with Crippen molar-refractivity contribution in [2.75, 3.05) is 5.73 Å². The normalized spacial score (nSPS) is 10.5. The van der Waals surface area contributed by atoms with Crippen molar-refractivity contribution in [2.45, 2.75) is 12.3 Å². The standard InChI is InChI=1S/C11H10Cl2N4/c12-6-10-15-9(16-11(14)17-10)5-7-1-3-8(13)4-2-7/h1-4H,5-6H2,(H2,14,15,16,17). The van der Waals surface area contributed by atoms with Gasteiger partial charge in [0.15, 0.2) is 0 Å². The van der Waals surface area contributed by atoms with E-state index in [1.54, 1.807) is 0 Å². The second-order valence-electron chi connectivity index (χ2n) is 3.46. The molecule has 0 aliphatic rings. The molecule has 2 rings (SSSR count). The first-order chi connectivity index (χ1) is 8.17. The minimum atomic E-state index is 0.194. The Morgan fingerprint density at radius 3 is 2.29 bits per heavy atom. The van der Waals surface area contributed by atoms with Gasteiger partial charge in [-0.1, -0.05) is 23.7 Å². The SMILES string of the molecule is Nc1nc(CCl)nc(Cc2ccc(Cl)cc2)n1. The summed E-state index contributed by atoms with van der Waals surface area (Å²) in [7, 11) is 0. The summed E-state index contributed by atoms with van der Waals surface area (Å²) < 4.78 is 0. The molecule has 1 aromatic carbocycles. The van der Waals surface area contributed by atoms with Crippen LogP contribution in [0.2, 0.25) is 5.02 Å². The predicted molar refractivity (Wildman–Crippen MR) is 68.1 cm³/mol. The van der Waals surface area contributed by atoms with E-state index >= 15 is 0 Å². The van der Waals surface area contributed by atoms with Crippen molar-refractivity contribution >= 4 is 29.2 Å². The summed E-state index contributed by atoms with van der Waals surface area (Å²) in [6.07, 6.45) is 0.577. The molecule has 0 spiro atoms. The Hall–Kier alpha value is -1.39. The topological polar surface area (TPSA) is 64.7 Å². The summed E-state index contributed by atoms with van der Waals surface area (Å²) in [6, 6.07) is 7.49. The second-order valence-corrected chi connectivity index (χ2v) is 4.17. The van der Waals surface area contributed by atoms with Gasteiger partial charge in [0.1, 0.15) is 11.6 Å². The van der Waals surface area contributed by atoms with Crippen LogP contribution in [0, 0.1) is 0 Å². The molecular weight excluding hydrogens is 259 g/mol. The molecule has 1 aromatic heterocycles. The fourth-order valence-corrected chi connectivity index (χ4v) is 1.66. The molecule has 0 aliphatic carbocycles. The van der Waals surface area contributed by atoms with Crippen LogP contribution in [0.5, 0.6) is 0 Å². The average Bonchev–Trinajstić information content (AvgIpc) is 2.31. The maximum Gasteiger partial charge on any atom is 0.223 e. The Morgan fingerprint density at radius 2 is 1.65 bits per heavy atom. The van der Waals surface area contributed by atoms with Gasteiger partial charge in [-0.3, -0.25) is 0 Å². The number of anilines is 1. The van der Waals surface area contributed by atoms with Crippen LogP contribution in [0.15, 0.2) is 24.3 Å². The molecular formula is C11H10Cl2N4. The first-order valence-electron chi connectivity index (χ1n) is 4.97. The van der Waals surface area contributed by atoms with Gasteiger partial charge < -0.3 is 5.73 Å². The van der Waals surface area contributed by atoms with E-state index in [-0.39, 0.29) is 11.8 Å². The van der Waals surface area contributed by atoms with Gasteiger partial charge in [-0.15, -0.1) is 11.6 Å². The number of halogens is 2. The molecule has 2 N–H and O–H groups in total. The number of rotatable bonds is 3. The number of hydrogen-bond donors (Lipinski definition) is 1. The fraction of sp³-hybridized carbons (Fsp3) is 0.182. The van der Waals surface area contributed by atoms with Crippen molar-refractivity contribution in [3.8, 4) is 0 Å². The molecule has 0 bridgehead atoms. The molecule has 0 amide bonds. The van der Waals surface area contributed by atoms with Gasteiger partial charge in [0.25, 0.3) is 0 Å². The molecule has 0 atom stereocenters. The summed E-state index contributed by atoms with van der Waals surface area (Å²) in [5.41, 5.74) is 6.63. The van der Waals surface area contributed by atoms with Gasteiger partial charge in [0, 0.05) is 11.4 Å². The first kappa shape index (κ1) is 12.1. The highest BCUT2D eigenvalue weighted by Crippen LogP contribution is 2.12. The number of aromatic nitrogens is 3. The predicted octanol–water partition coefficient (Wildman–Crippen LogP) is 2.44. The van der Waals surface area contributed by atoms with Gasteiger partial charge in [-0.05, 0) is 17.7 Å². The van der Waals surface area contributed by atoms with Gasteiger partial charge in [0.2, 0.25) is 5.95 Å². The van der Waals surface area contributed by atoms with E-state index in [0.29, 0.717) is 23.1 Å². The molecule has 17 heavy (non-hydrogen) atoms. The zero-order valence-electron chi connectivity index (χ0n) is 8.90. The number of nitrogens with two attached hydrogens (primary N) is 1. The highest BCUT2D eigenvalue weighted by Gasteiger charge is 2.04. The number of nitrogens with zero attached hydrogens (tertiary/aromatic N) is 3. The summed E-state index contributed by atoms with van der Waals surface area (Å²) in [6.45, 7) is 0. The largest absolute Gasteiger partial charge is 0.368 e. The van der Waals surface area contributed by atoms with Crippen molar-refractivity contribution in [1.29, 1.82) is 0 Å². The summed E-state index contributed by atoms with van der Waals surface area (Å²) in [5, 5.41) is 0.699. The maximum absolute atomic E-state index is 5.81. The van der Waals surface area contributed by atoms with Gasteiger partial charge in [0.05, 0.1) is 5.88 Å². The summed E-state index contributed by atoms with van der Waals surface area (Å²) in [5.74, 6) is 1.51. The number of alkyl halides is 1. The molecule has 1 heterocycles. The van der Waals surface area contributed by atoms with Crippen LogP contribution in [0.4, 0.5) is 5.95 Å². The smallest absolute Gasteiger partial charge is 0.223 e. The van der Waals surface area contributed by atoms with E-state index < -0.39 is 0 Å². The lowest BCUT2D eigenvalue weighted by atomic mass is 10.1. The summed E-state index contributed by atoms with van der Waals surface area (Å²) in [4.78, 5) is 12.2. The molecule has 0 saturated carbocycles. The van der Waals surface area contributed by atoms with E-state index in [9.17, 15) is 0 Å². The van der Waals surface area contributed by atoms with Crippen molar-refractivity contribution in [3.05, 3.63) is 46.5 Å². The molecule has 0 radical (unpaired) electrons. The quantitative estimate of drug-likeness (QED) is 0.869. The third-order valence-corrected chi connectivity index (χ3v) is 2.63. The molecule has 0 unspecified atom stereocenters. The molecule has 2 aromatic rings.